The second-order valence-corrected chi connectivity index (χ2v) is 13.4. The molecule has 0 bridgehead atoms. The highest BCUT2D eigenvalue weighted by molar-refractivity contribution is 5.98. The zero-order valence-corrected chi connectivity index (χ0v) is 29.9. The second-order valence-electron chi connectivity index (χ2n) is 13.4. The van der Waals surface area contributed by atoms with Crippen molar-refractivity contribution >= 4 is 11.6 Å². The molecular weight excluding hydrogens is 652 g/mol. The van der Waals surface area contributed by atoms with Crippen molar-refractivity contribution in [2.24, 2.45) is 11.5 Å². The molecule has 5 rings (SSSR count). The third-order valence-corrected chi connectivity index (χ3v) is 9.50. The van der Waals surface area contributed by atoms with Crippen LogP contribution in [0.4, 0.5) is 0 Å². The summed E-state index contributed by atoms with van der Waals surface area (Å²) in [6.45, 7) is 1.30. The summed E-state index contributed by atoms with van der Waals surface area (Å²) in [6, 6.07) is 17.9. The minimum atomic E-state index is -0.683. The Labute approximate surface area is 306 Å². The topological polar surface area (TPSA) is 164 Å². The van der Waals surface area contributed by atoms with Crippen LogP contribution in [0.5, 0.6) is 17.2 Å². The number of nitrogens with one attached hydrogen (secondary N) is 2. The average molecular weight is 703 g/mol. The summed E-state index contributed by atoms with van der Waals surface area (Å²) in [7, 11) is 1.97. The molecule has 0 amide bonds. The van der Waals surface area contributed by atoms with Gasteiger partial charge in [0.25, 0.3) is 0 Å². The first-order chi connectivity index (χ1) is 25.2. The molecule has 272 valence electrons. The monoisotopic (exact) mass is 702 g/mol. The van der Waals surface area contributed by atoms with Crippen molar-refractivity contribution in [2.75, 3.05) is 20.2 Å². The molecule has 3 aromatic carbocycles. The number of Topliss-reactive ketones (excluding diaryl/α,β-unsaturated/α-hetero) is 1. The van der Waals surface area contributed by atoms with Gasteiger partial charge in [0.2, 0.25) is 0 Å². The predicted molar refractivity (Wildman–Crippen MR) is 205 cm³/mol. The first kappa shape index (κ1) is 38.1. The molecule has 0 aliphatic heterocycles. The van der Waals surface area contributed by atoms with Gasteiger partial charge in [-0.05, 0) is 97.9 Å². The largest absolute Gasteiger partial charge is 0.508 e. The summed E-state index contributed by atoms with van der Waals surface area (Å²) in [4.78, 5) is 29.3. The third kappa shape index (κ3) is 10.5. The smallest absolute Gasteiger partial charge is 0.165 e. The lowest BCUT2D eigenvalue weighted by Crippen LogP contribution is -2.20. The highest BCUT2D eigenvalue weighted by Gasteiger charge is 2.27. The number of ether oxygens (including phenoxy) is 1. The molecule has 0 spiro atoms. The van der Waals surface area contributed by atoms with Crippen molar-refractivity contribution in [1.29, 1.82) is 0 Å². The Kier molecular flexibility index (Phi) is 13.9. The molecule has 8 N–H and O–H groups in total. The average Bonchev–Trinajstić information content (AvgIpc) is 3.61. The SMILES string of the molecule is CNCCCCCC/C=C/C(=O)CCc1ccc(O)c(OCCc2ccc(O)c([C@H]3CC(=O)c4cc[nH]c4CC#Cc4cc(C(N)N)ccc43)c2)c1. The van der Waals surface area contributed by atoms with Crippen molar-refractivity contribution in [1.82, 2.24) is 10.3 Å². The van der Waals surface area contributed by atoms with E-state index in [4.69, 9.17) is 16.2 Å². The number of nitrogens with two attached hydrogens (primary N) is 2. The number of benzene rings is 3. The maximum atomic E-state index is 13.7. The molecule has 0 fully saturated rings. The fourth-order valence-electron chi connectivity index (χ4n) is 6.55. The molecule has 0 saturated carbocycles. The van der Waals surface area contributed by atoms with Crippen LogP contribution in [0.25, 0.3) is 0 Å². The van der Waals surface area contributed by atoms with Crippen LogP contribution in [0.3, 0.4) is 0 Å². The van der Waals surface area contributed by atoms with Crippen molar-refractivity contribution < 1.29 is 24.5 Å². The number of carbonyl (C=O) groups excluding carboxylic acids is 2. The number of phenols is 2. The van der Waals surface area contributed by atoms with Crippen LogP contribution in [0, 0.1) is 11.8 Å². The lowest BCUT2D eigenvalue weighted by atomic mass is 9.81. The van der Waals surface area contributed by atoms with Crippen molar-refractivity contribution in [2.45, 2.75) is 76.3 Å². The lowest BCUT2D eigenvalue weighted by molar-refractivity contribution is -0.114. The molecule has 1 atom stereocenters. The van der Waals surface area contributed by atoms with Gasteiger partial charge in [-0.2, -0.15) is 0 Å². The normalized spacial score (nSPS) is 14.2. The van der Waals surface area contributed by atoms with E-state index >= 15 is 0 Å². The van der Waals surface area contributed by atoms with E-state index in [0.717, 1.165) is 53.8 Å². The molecule has 1 aliphatic carbocycles. The Bertz CT molecular complexity index is 1930. The number of ketones is 2. The van der Waals surface area contributed by atoms with E-state index in [2.05, 4.69) is 22.1 Å². The van der Waals surface area contributed by atoms with Gasteiger partial charge in [-0.3, -0.25) is 9.59 Å². The van der Waals surface area contributed by atoms with Gasteiger partial charge >= 0.3 is 0 Å². The van der Waals surface area contributed by atoms with Crippen LogP contribution in [0.15, 0.2) is 79.0 Å². The number of fused-ring (bicyclic) bond motifs is 2. The maximum absolute atomic E-state index is 13.7. The summed E-state index contributed by atoms with van der Waals surface area (Å²) < 4.78 is 6.02. The first-order valence-electron chi connectivity index (χ1n) is 18.2. The zero-order chi connectivity index (χ0) is 36.9. The van der Waals surface area contributed by atoms with Gasteiger partial charge in [-0.1, -0.05) is 61.1 Å². The number of aromatic amines is 1. The predicted octanol–water partition coefficient (Wildman–Crippen LogP) is 6.50. The quantitative estimate of drug-likeness (QED) is 0.0314. The van der Waals surface area contributed by atoms with Crippen molar-refractivity contribution in [3.63, 3.8) is 0 Å². The van der Waals surface area contributed by atoms with Gasteiger partial charge in [0.05, 0.1) is 19.2 Å². The fourth-order valence-corrected chi connectivity index (χ4v) is 6.55. The summed E-state index contributed by atoms with van der Waals surface area (Å²) in [6.07, 6.45) is 12.2. The Morgan fingerprint density at radius 1 is 0.981 bits per heavy atom. The second kappa shape index (κ2) is 18.9. The van der Waals surface area contributed by atoms with Crippen LogP contribution in [-0.2, 0) is 24.1 Å². The van der Waals surface area contributed by atoms with Gasteiger partial charge in [0, 0.05) is 53.8 Å². The van der Waals surface area contributed by atoms with Gasteiger partial charge in [-0.25, -0.2) is 0 Å². The van der Waals surface area contributed by atoms with Crippen LogP contribution >= 0.6 is 0 Å². The van der Waals surface area contributed by atoms with Gasteiger partial charge in [0.15, 0.2) is 23.1 Å². The van der Waals surface area contributed by atoms with E-state index in [1.165, 1.54) is 12.8 Å². The zero-order valence-electron chi connectivity index (χ0n) is 29.9. The van der Waals surface area contributed by atoms with Crippen LogP contribution < -0.4 is 21.5 Å². The summed E-state index contributed by atoms with van der Waals surface area (Å²) in [5.74, 6) is 6.43. The summed E-state index contributed by atoms with van der Waals surface area (Å²) in [5, 5.41) is 24.8. The maximum Gasteiger partial charge on any atom is 0.165 e. The van der Waals surface area contributed by atoms with Crippen LogP contribution in [0.1, 0.15) is 106 Å². The molecule has 9 nitrogen and oxygen atoms in total. The van der Waals surface area contributed by atoms with Crippen molar-refractivity contribution in [3.8, 4) is 29.1 Å². The third-order valence-electron chi connectivity index (χ3n) is 9.50. The summed E-state index contributed by atoms with van der Waals surface area (Å²) >= 11 is 0. The van der Waals surface area contributed by atoms with Crippen molar-refractivity contribution in [3.05, 3.63) is 124 Å². The molecule has 4 aromatic rings. The summed E-state index contributed by atoms with van der Waals surface area (Å²) in [5.41, 5.74) is 18.0. The fraction of sp³-hybridized carbons (Fsp3) is 0.349. The van der Waals surface area contributed by atoms with E-state index < -0.39 is 12.1 Å². The number of aromatic hydroxyl groups is 2. The Morgan fingerprint density at radius 2 is 1.77 bits per heavy atom. The number of hydrogen-bond donors (Lipinski definition) is 6. The number of phenolic OH excluding ortho intramolecular Hbond substituents is 2. The van der Waals surface area contributed by atoms with Crippen LogP contribution in [0.2, 0.25) is 0 Å². The van der Waals surface area contributed by atoms with Gasteiger partial charge in [0.1, 0.15) is 5.75 Å². The Hall–Kier alpha value is -5.14. The van der Waals surface area contributed by atoms with Gasteiger partial charge in [-0.15, -0.1) is 0 Å². The number of rotatable bonds is 17. The van der Waals surface area contributed by atoms with Crippen LogP contribution in [-0.4, -0.2) is 47.0 Å². The standard InChI is InChI=1S/C43H50N4O5/c1-46-22-7-5-3-2-4-6-10-33(48)16-12-29-14-19-40(50)42(26-29)52-24-21-30-13-18-39(49)37(25-30)36-28-41(51)35-20-23-47-38(35)11-8-9-31-27-32(43(44)45)15-17-34(31)36/h6,10,13-15,17-20,23,25-27,36,43,46-47,49-50H,2-5,7,11-12,16,21-22,24,28,44-45H2,1H3/b10-6+/t36-/m0/s1. The van der Waals surface area contributed by atoms with E-state index in [1.807, 2.05) is 43.5 Å². The molecule has 0 saturated heterocycles. The molecule has 1 aromatic heterocycles. The Morgan fingerprint density at radius 3 is 2.58 bits per heavy atom. The van der Waals surface area contributed by atoms with E-state index in [-0.39, 0.29) is 36.1 Å². The first-order valence-corrected chi connectivity index (χ1v) is 18.2. The highest BCUT2D eigenvalue weighted by atomic mass is 16.5. The lowest BCUT2D eigenvalue weighted by Gasteiger charge is -2.22. The van der Waals surface area contributed by atoms with E-state index in [9.17, 15) is 19.8 Å². The van der Waals surface area contributed by atoms with E-state index in [0.29, 0.717) is 48.1 Å². The number of H-pyrrole nitrogens is 1. The number of aromatic nitrogens is 1. The molecule has 0 unspecified atom stereocenters. The molecule has 9 heteroatoms. The number of aryl methyl sites for hydroxylation is 1. The molecule has 1 aliphatic rings. The van der Waals surface area contributed by atoms with Gasteiger partial charge < -0.3 is 36.7 Å². The Balaban J connectivity index is 1.25. The molecule has 1 heterocycles. The van der Waals surface area contributed by atoms with E-state index in [1.54, 1.807) is 42.6 Å². The molecular formula is C43H50N4O5. The minimum absolute atomic E-state index is 0.0227. The number of carbonyl (C=O) groups is 2. The highest BCUT2D eigenvalue weighted by Crippen LogP contribution is 2.38. The number of hydrogen-bond acceptors (Lipinski definition) is 8. The number of allylic oxidation sites excluding steroid dienone is 2. The molecule has 0 radical (unpaired) electrons. The minimum Gasteiger partial charge on any atom is -0.508 e. The number of unbranched alkanes of at least 4 members (excludes halogenated alkanes) is 4. The molecule has 52 heavy (non-hydrogen) atoms.